The molecule has 0 bridgehead atoms. The summed E-state index contributed by atoms with van der Waals surface area (Å²) >= 11 is 0. The van der Waals surface area contributed by atoms with Gasteiger partial charge in [0.2, 0.25) is 5.91 Å². The lowest BCUT2D eigenvalue weighted by molar-refractivity contribution is -0.122. The van der Waals surface area contributed by atoms with Crippen molar-refractivity contribution in [3.8, 4) is 0 Å². The minimum absolute atomic E-state index is 0.0379. The second kappa shape index (κ2) is 5.85. The fourth-order valence-corrected chi connectivity index (χ4v) is 2.70. The van der Waals surface area contributed by atoms with Crippen molar-refractivity contribution in [2.75, 3.05) is 30.5 Å². The van der Waals surface area contributed by atoms with Gasteiger partial charge in [0.05, 0.1) is 0 Å². The van der Waals surface area contributed by atoms with Crippen molar-refractivity contribution in [1.82, 2.24) is 0 Å². The van der Waals surface area contributed by atoms with E-state index in [2.05, 4.69) is 5.32 Å². The van der Waals surface area contributed by atoms with Crippen molar-refractivity contribution < 1.29 is 14.3 Å². The van der Waals surface area contributed by atoms with Crippen LogP contribution >= 0.6 is 0 Å². The molecule has 112 valence electrons. The fraction of sp³-hybridized carbons (Fsp3) is 0.500. The number of benzene rings is 1. The van der Waals surface area contributed by atoms with Gasteiger partial charge in [-0.25, -0.2) is 0 Å². The van der Waals surface area contributed by atoms with Crippen molar-refractivity contribution in [2.24, 2.45) is 5.92 Å². The normalized spacial score (nSPS) is 17.3. The zero-order chi connectivity index (χ0) is 14.8. The third-order valence-corrected chi connectivity index (χ3v) is 3.99. The highest BCUT2D eigenvalue weighted by atomic mass is 16.5. The molecule has 5 heteroatoms. The Morgan fingerprint density at radius 2 is 2.19 bits per heavy atom. The Hall–Kier alpha value is -1.88. The minimum Gasteiger partial charge on any atom is -0.375 e. The van der Waals surface area contributed by atoms with Gasteiger partial charge in [0.1, 0.15) is 6.61 Å². The summed E-state index contributed by atoms with van der Waals surface area (Å²) in [6, 6.07) is 5.83. The Morgan fingerprint density at radius 1 is 1.38 bits per heavy atom. The van der Waals surface area contributed by atoms with Crippen LogP contribution in [0.5, 0.6) is 0 Å². The number of aryl methyl sites for hydroxylation is 1. The molecule has 0 atom stereocenters. The first-order valence-corrected chi connectivity index (χ1v) is 7.42. The number of anilines is 2. The van der Waals surface area contributed by atoms with Crippen molar-refractivity contribution in [3.63, 3.8) is 0 Å². The summed E-state index contributed by atoms with van der Waals surface area (Å²) in [5.74, 6) is 0.219. The molecule has 1 aliphatic carbocycles. The van der Waals surface area contributed by atoms with Gasteiger partial charge < -0.3 is 15.0 Å². The van der Waals surface area contributed by atoms with E-state index in [1.165, 1.54) is 7.11 Å². The average molecular weight is 288 g/mol. The molecule has 1 aromatic rings. The number of fused-ring (bicyclic) bond motifs is 1. The van der Waals surface area contributed by atoms with Crippen LogP contribution < -0.4 is 10.2 Å². The predicted molar refractivity (Wildman–Crippen MR) is 80.3 cm³/mol. The Kier molecular flexibility index (Phi) is 3.92. The number of rotatable bonds is 4. The summed E-state index contributed by atoms with van der Waals surface area (Å²) in [6.07, 6.45) is 3.88. The van der Waals surface area contributed by atoms with Crippen LogP contribution in [0, 0.1) is 5.92 Å². The number of amides is 2. The lowest BCUT2D eigenvalue weighted by atomic mass is 10.0. The van der Waals surface area contributed by atoms with Gasteiger partial charge in [0.15, 0.2) is 0 Å². The van der Waals surface area contributed by atoms with E-state index in [1.807, 2.05) is 18.2 Å². The molecule has 0 saturated heterocycles. The molecule has 1 aliphatic heterocycles. The molecule has 0 spiro atoms. The number of nitrogens with zero attached hydrogens (tertiary/aromatic N) is 1. The molecule has 2 aliphatic rings. The third kappa shape index (κ3) is 3.08. The molecule has 1 saturated carbocycles. The second-order valence-corrected chi connectivity index (χ2v) is 5.69. The lowest BCUT2D eigenvalue weighted by Gasteiger charge is -2.29. The molecular weight excluding hydrogens is 268 g/mol. The van der Waals surface area contributed by atoms with E-state index in [0.29, 0.717) is 6.54 Å². The predicted octanol–water partition coefficient (Wildman–Crippen LogP) is 1.96. The SMILES string of the molecule is COCC(=O)N1CCCc2ccc(NC(=O)C3CC3)cc21. The van der Waals surface area contributed by atoms with Crippen LogP contribution in [0.2, 0.25) is 0 Å². The van der Waals surface area contributed by atoms with Crippen molar-refractivity contribution in [3.05, 3.63) is 23.8 Å². The smallest absolute Gasteiger partial charge is 0.252 e. The van der Waals surface area contributed by atoms with Gasteiger partial charge in [-0.15, -0.1) is 0 Å². The first-order valence-electron chi connectivity index (χ1n) is 7.42. The van der Waals surface area contributed by atoms with Crippen LogP contribution in [0.1, 0.15) is 24.8 Å². The maximum absolute atomic E-state index is 12.1. The molecule has 0 radical (unpaired) electrons. The molecule has 1 fully saturated rings. The van der Waals surface area contributed by atoms with Gasteiger partial charge in [0, 0.05) is 30.9 Å². The van der Waals surface area contributed by atoms with E-state index >= 15 is 0 Å². The number of nitrogens with one attached hydrogen (secondary N) is 1. The number of carbonyl (C=O) groups is 2. The standard InChI is InChI=1S/C16H20N2O3/c1-21-10-15(19)18-8-2-3-11-6-7-13(9-14(11)18)17-16(20)12-4-5-12/h6-7,9,12H,2-5,8,10H2,1H3,(H,17,20). The summed E-state index contributed by atoms with van der Waals surface area (Å²) in [4.78, 5) is 25.7. The van der Waals surface area contributed by atoms with E-state index in [1.54, 1.807) is 4.90 Å². The monoisotopic (exact) mass is 288 g/mol. The maximum atomic E-state index is 12.1. The van der Waals surface area contributed by atoms with E-state index in [0.717, 1.165) is 42.6 Å². The number of hydrogen-bond donors (Lipinski definition) is 1. The summed E-state index contributed by atoms with van der Waals surface area (Å²) in [5, 5.41) is 2.94. The van der Waals surface area contributed by atoms with Gasteiger partial charge in [-0.2, -0.15) is 0 Å². The Labute approximate surface area is 124 Å². The highest BCUT2D eigenvalue weighted by Gasteiger charge is 2.30. The second-order valence-electron chi connectivity index (χ2n) is 5.69. The average Bonchev–Trinajstić information content (AvgIpc) is 3.31. The summed E-state index contributed by atoms with van der Waals surface area (Å²) in [6.45, 7) is 0.785. The lowest BCUT2D eigenvalue weighted by Crippen LogP contribution is -2.37. The number of carbonyl (C=O) groups excluding carboxylic acids is 2. The molecule has 0 aromatic heterocycles. The highest BCUT2D eigenvalue weighted by molar-refractivity contribution is 5.98. The van der Waals surface area contributed by atoms with Crippen LogP contribution in [0.3, 0.4) is 0 Å². The topological polar surface area (TPSA) is 58.6 Å². The molecule has 0 unspecified atom stereocenters. The summed E-state index contributed by atoms with van der Waals surface area (Å²) < 4.78 is 4.95. The molecule has 5 nitrogen and oxygen atoms in total. The van der Waals surface area contributed by atoms with Gasteiger partial charge in [-0.05, 0) is 43.4 Å². The molecule has 21 heavy (non-hydrogen) atoms. The number of hydrogen-bond acceptors (Lipinski definition) is 3. The molecule has 1 aromatic carbocycles. The van der Waals surface area contributed by atoms with Gasteiger partial charge in [-0.1, -0.05) is 6.07 Å². The Morgan fingerprint density at radius 3 is 2.90 bits per heavy atom. The molecule has 3 rings (SSSR count). The minimum atomic E-state index is -0.0379. The Bertz CT molecular complexity index is 567. The first-order chi connectivity index (χ1) is 10.2. The van der Waals surface area contributed by atoms with Gasteiger partial charge >= 0.3 is 0 Å². The zero-order valence-electron chi connectivity index (χ0n) is 12.2. The zero-order valence-corrected chi connectivity index (χ0v) is 12.2. The molecule has 2 amide bonds. The molecule has 1 heterocycles. The van der Waals surface area contributed by atoms with Crippen molar-refractivity contribution in [2.45, 2.75) is 25.7 Å². The summed E-state index contributed by atoms with van der Waals surface area (Å²) in [5.41, 5.74) is 2.81. The van der Waals surface area contributed by atoms with Gasteiger partial charge in [-0.3, -0.25) is 9.59 Å². The highest BCUT2D eigenvalue weighted by Crippen LogP contribution is 2.33. The van der Waals surface area contributed by atoms with Crippen LogP contribution in [0.15, 0.2) is 18.2 Å². The van der Waals surface area contributed by atoms with Crippen LogP contribution in [-0.4, -0.2) is 32.1 Å². The maximum Gasteiger partial charge on any atom is 0.252 e. The van der Waals surface area contributed by atoms with Crippen molar-refractivity contribution >= 4 is 23.2 Å². The van der Waals surface area contributed by atoms with E-state index in [4.69, 9.17) is 4.74 Å². The number of methoxy groups -OCH3 is 1. The van der Waals surface area contributed by atoms with Crippen LogP contribution in [0.25, 0.3) is 0 Å². The summed E-state index contributed by atoms with van der Waals surface area (Å²) in [7, 11) is 1.52. The van der Waals surface area contributed by atoms with Crippen LogP contribution in [-0.2, 0) is 20.7 Å². The van der Waals surface area contributed by atoms with E-state index < -0.39 is 0 Å². The first kappa shape index (κ1) is 14.1. The van der Waals surface area contributed by atoms with E-state index in [-0.39, 0.29) is 24.3 Å². The van der Waals surface area contributed by atoms with Gasteiger partial charge in [0.25, 0.3) is 5.91 Å². The number of ether oxygens (including phenoxy) is 1. The quantitative estimate of drug-likeness (QED) is 0.921. The van der Waals surface area contributed by atoms with Crippen molar-refractivity contribution in [1.29, 1.82) is 0 Å². The van der Waals surface area contributed by atoms with E-state index in [9.17, 15) is 9.59 Å². The largest absolute Gasteiger partial charge is 0.375 e. The molecular formula is C16H20N2O3. The third-order valence-electron chi connectivity index (χ3n) is 3.99. The fourth-order valence-electron chi connectivity index (χ4n) is 2.70. The van der Waals surface area contributed by atoms with Crippen LogP contribution in [0.4, 0.5) is 11.4 Å². The molecule has 1 N–H and O–H groups in total. The Balaban J connectivity index is 1.82.